The van der Waals surface area contributed by atoms with Crippen LogP contribution < -0.4 is 5.32 Å². The number of amides is 1. The van der Waals surface area contributed by atoms with E-state index >= 15 is 0 Å². The zero-order valence-electron chi connectivity index (χ0n) is 11.2. The quantitative estimate of drug-likeness (QED) is 0.673. The van der Waals surface area contributed by atoms with Crippen LogP contribution in [0.2, 0.25) is 0 Å². The fourth-order valence-corrected chi connectivity index (χ4v) is 2.72. The molecule has 0 saturated carbocycles. The van der Waals surface area contributed by atoms with Crippen molar-refractivity contribution in [2.45, 2.75) is 18.6 Å². The van der Waals surface area contributed by atoms with Gasteiger partial charge < -0.3 is 20.6 Å². The normalized spacial score (nSPS) is 20.0. The van der Waals surface area contributed by atoms with Crippen LogP contribution in [0.5, 0.6) is 11.5 Å². The molecule has 108 valence electrons. The van der Waals surface area contributed by atoms with Crippen LogP contribution in [0.4, 0.5) is 0 Å². The highest BCUT2D eigenvalue weighted by atomic mass is 16.3. The lowest BCUT2D eigenvalue weighted by Crippen LogP contribution is -2.33. The third kappa shape index (κ3) is 2.32. The topological polar surface area (TPSA) is 89.8 Å². The van der Waals surface area contributed by atoms with Crippen molar-refractivity contribution in [1.29, 1.82) is 0 Å². The molecule has 0 aromatic heterocycles. The number of nitrogens with one attached hydrogen (secondary N) is 1. The van der Waals surface area contributed by atoms with Crippen LogP contribution in [0.1, 0.15) is 27.5 Å². The predicted octanol–water partition coefficient (Wildman–Crippen LogP) is 1.49. The Bertz CT molecular complexity index is 678. The van der Waals surface area contributed by atoms with Crippen molar-refractivity contribution in [3.8, 4) is 11.5 Å². The molecule has 0 spiro atoms. The van der Waals surface area contributed by atoms with Gasteiger partial charge in [0.1, 0.15) is 17.1 Å². The molecule has 5 heteroatoms. The molecule has 0 unspecified atom stereocenters. The zero-order valence-corrected chi connectivity index (χ0v) is 11.2. The second kappa shape index (κ2) is 5.10. The zero-order chi connectivity index (χ0) is 15.0. The van der Waals surface area contributed by atoms with Gasteiger partial charge in [0.15, 0.2) is 0 Å². The van der Waals surface area contributed by atoms with E-state index in [0.717, 1.165) is 11.1 Å². The fraction of sp³-hybridized carbons (Fsp3) is 0.188. The number of aromatic hydroxyl groups is 2. The number of phenols is 2. The average molecular weight is 285 g/mol. The maximum atomic E-state index is 12.3. The third-order valence-electron chi connectivity index (χ3n) is 3.74. The maximum Gasteiger partial charge on any atom is 0.259 e. The molecule has 2 aromatic rings. The SMILES string of the molecule is O=C(N[C@H]1c2ccccc2C[C@H]1O)c1c(O)cccc1O. The highest BCUT2D eigenvalue weighted by Crippen LogP contribution is 2.33. The molecular weight excluding hydrogens is 270 g/mol. The predicted molar refractivity (Wildman–Crippen MR) is 76.1 cm³/mol. The molecule has 21 heavy (non-hydrogen) atoms. The van der Waals surface area contributed by atoms with E-state index in [4.69, 9.17) is 0 Å². The standard InChI is InChI=1S/C16H15NO4/c18-11-6-3-7-12(19)14(11)16(21)17-15-10-5-2-1-4-9(10)8-13(15)20/h1-7,13,15,18-20H,8H2,(H,17,21)/t13-,15+/m1/s1. The largest absolute Gasteiger partial charge is 0.507 e. The molecule has 0 bridgehead atoms. The summed E-state index contributed by atoms with van der Waals surface area (Å²) in [6.45, 7) is 0. The third-order valence-corrected chi connectivity index (χ3v) is 3.74. The van der Waals surface area contributed by atoms with Gasteiger partial charge in [-0.05, 0) is 23.3 Å². The van der Waals surface area contributed by atoms with Crippen molar-refractivity contribution in [3.05, 3.63) is 59.2 Å². The van der Waals surface area contributed by atoms with E-state index in [2.05, 4.69) is 5.32 Å². The maximum absolute atomic E-state index is 12.3. The average Bonchev–Trinajstić information content (AvgIpc) is 2.75. The molecule has 1 aliphatic carbocycles. The molecular formula is C16H15NO4. The van der Waals surface area contributed by atoms with E-state index in [1.807, 2.05) is 24.3 Å². The number of benzene rings is 2. The highest BCUT2D eigenvalue weighted by molar-refractivity contribution is 5.99. The number of carbonyl (C=O) groups is 1. The highest BCUT2D eigenvalue weighted by Gasteiger charge is 2.33. The Kier molecular flexibility index (Phi) is 3.27. The van der Waals surface area contributed by atoms with E-state index in [1.54, 1.807) is 0 Å². The summed E-state index contributed by atoms with van der Waals surface area (Å²) in [6.07, 6.45) is -0.257. The summed E-state index contributed by atoms with van der Waals surface area (Å²) >= 11 is 0. The number of fused-ring (bicyclic) bond motifs is 1. The van der Waals surface area contributed by atoms with Crippen molar-refractivity contribution in [1.82, 2.24) is 5.32 Å². The molecule has 1 amide bonds. The Labute approximate surface area is 121 Å². The van der Waals surface area contributed by atoms with E-state index in [-0.39, 0.29) is 17.1 Å². The summed E-state index contributed by atoms with van der Waals surface area (Å²) in [5, 5.41) is 32.2. The van der Waals surface area contributed by atoms with Crippen LogP contribution in [-0.4, -0.2) is 27.3 Å². The first kappa shape index (κ1) is 13.5. The minimum absolute atomic E-state index is 0.186. The number of rotatable bonds is 2. The second-order valence-corrected chi connectivity index (χ2v) is 5.09. The Morgan fingerprint density at radius 1 is 1.05 bits per heavy atom. The minimum Gasteiger partial charge on any atom is -0.507 e. The molecule has 0 aliphatic heterocycles. The van der Waals surface area contributed by atoms with Crippen LogP contribution in [-0.2, 0) is 6.42 Å². The lowest BCUT2D eigenvalue weighted by atomic mass is 10.1. The lowest BCUT2D eigenvalue weighted by Gasteiger charge is -2.18. The molecule has 0 saturated heterocycles. The van der Waals surface area contributed by atoms with Gasteiger partial charge in [-0.15, -0.1) is 0 Å². The van der Waals surface area contributed by atoms with E-state index in [9.17, 15) is 20.1 Å². The number of aliphatic hydroxyl groups excluding tert-OH is 1. The summed E-state index contributed by atoms with van der Waals surface area (Å²) in [6, 6.07) is 11.0. The summed E-state index contributed by atoms with van der Waals surface area (Å²) in [4.78, 5) is 12.3. The van der Waals surface area contributed by atoms with Gasteiger partial charge in [0.2, 0.25) is 0 Å². The van der Waals surface area contributed by atoms with Gasteiger partial charge in [0, 0.05) is 6.42 Å². The fourth-order valence-electron chi connectivity index (χ4n) is 2.72. The molecule has 5 nitrogen and oxygen atoms in total. The molecule has 2 aromatic carbocycles. The van der Waals surface area contributed by atoms with Gasteiger partial charge in [-0.2, -0.15) is 0 Å². The molecule has 3 rings (SSSR count). The molecule has 0 radical (unpaired) electrons. The smallest absolute Gasteiger partial charge is 0.259 e. The van der Waals surface area contributed by atoms with Gasteiger partial charge >= 0.3 is 0 Å². The molecule has 1 aliphatic rings. The molecule has 4 N–H and O–H groups in total. The van der Waals surface area contributed by atoms with Crippen molar-refractivity contribution >= 4 is 5.91 Å². The number of aliphatic hydroxyl groups is 1. The number of hydrogen-bond donors (Lipinski definition) is 4. The molecule has 0 heterocycles. The van der Waals surface area contributed by atoms with Gasteiger partial charge in [-0.3, -0.25) is 4.79 Å². The summed E-state index contributed by atoms with van der Waals surface area (Å²) in [5.41, 5.74) is 1.65. The number of carbonyl (C=O) groups excluding carboxylic acids is 1. The van der Waals surface area contributed by atoms with Gasteiger partial charge in [-0.25, -0.2) is 0 Å². The van der Waals surface area contributed by atoms with Crippen molar-refractivity contribution in [2.75, 3.05) is 0 Å². The molecule has 0 fully saturated rings. The van der Waals surface area contributed by atoms with E-state index in [0.29, 0.717) is 6.42 Å². The monoisotopic (exact) mass is 285 g/mol. The van der Waals surface area contributed by atoms with Crippen LogP contribution >= 0.6 is 0 Å². The summed E-state index contributed by atoms with van der Waals surface area (Å²) in [7, 11) is 0. The lowest BCUT2D eigenvalue weighted by molar-refractivity contribution is 0.0853. The van der Waals surface area contributed by atoms with Gasteiger partial charge in [0.05, 0.1) is 12.1 Å². The van der Waals surface area contributed by atoms with Crippen LogP contribution in [0.3, 0.4) is 0 Å². The summed E-state index contributed by atoms with van der Waals surface area (Å²) < 4.78 is 0. The first-order valence-electron chi connectivity index (χ1n) is 6.65. The Hall–Kier alpha value is -2.53. The van der Waals surface area contributed by atoms with E-state index in [1.165, 1.54) is 18.2 Å². The van der Waals surface area contributed by atoms with Crippen LogP contribution in [0.15, 0.2) is 42.5 Å². The van der Waals surface area contributed by atoms with Gasteiger partial charge in [-0.1, -0.05) is 30.3 Å². The summed E-state index contributed by atoms with van der Waals surface area (Å²) in [5.74, 6) is -1.21. The number of phenolic OH excluding ortho intramolecular Hbond substituents is 2. The first-order chi connectivity index (χ1) is 10.1. The van der Waals surface area contributed by atoms with Crippen molar-refractivity contribution in [2.24, 2.45) is 0 Å². The van der Waals surface area contributed by atoms with Crippen molar-refractivity contribution < 1.29 is 20.1 Å². The number of hydrogen-bond acceptors (Lipinski definition) is 4. The van der Waals surface area contributed by atoms with Crippen LogP contribution in [0, 0.1) is 0 Å². The molecule has 2 atom stereocenters. The van der Waals surface area contributed by atoms with Gasteiger partial charge in [0.25, 0.3) is 5.91 Å². The Morgan fingerprint density at radius 2 is 1.71 bits per heavy atom. The minimum atomic E-state index is -0.723. The van der Waals surface area contributed by atoms with E-state index < -0.39 is 18.1 Å². The Morgan fingerprint density at radius 3 is 2.43 bits per heavy atom. The van der Waals surface area contributed by atoms with Crippen LogP contribution in [0.25, 0.3) is 0 Å². The van der Waals surface area contributed by atoms with Crippen molar-refractivity contribution in [3.63, 3.8) is 0 Å². The Balaban J connectivity index is 1.89. The second-order valence-electron chi connectivity index (χ2n) is 5.09. The first-order valence-corrected chi connectivity index (χ1v) is 6.65.